The molecule has 0 aliphatic heterocycles. The third-order valence-corrected chi connectivity index (χ3v) is 3.69. The number of nitrogens with one attached hydrogen (secondary N) is 1. The molecule has 0 atom stereocenters. The van der Waals surface area contributed by atoms with E-state index < -0.39 is 11.7 Å². The molecule has 0 radical (unpaired) electrons. The Labute approximate surface area is 153 Å². The van der Waals surface area contributed by atoms with Crippen molar-refractivity contribution >= 4 is 23.3 Å². The van der Waals surface area contributed by atoms with Crippen LogP contribution in [0.2, 0.25) is 5.02 Å². The molecule has 3 rings (SSSR count). The highest BCUT2D eigenvalue weighted by Gasteiger charge is 2.13. The first-order chi connectivity index (χ1) is 12.5. The second kappa shape index (κ2) is 7.83. The van der Waals surface area contributed by atoms with E-state index in [4.69, 9.17) is 26.5 Å². The van der Waals surface area contributed by atoms with E-state index in [2.05, 4.69) is 15.3 Å². The fourth-order valence-electron chi connectivity index (χ4n) is 2.08. The molecule has 0 aliphatic rings. The van der Waals surface area contributed by atoms with Gasteiger partial charge in [-0.25, -0.2) is 14.4 Å². The van der Waals surface area contributed by atoms with Crippen molar-refractivity contribution in [3.63, 3.8) is 0 Å². The van der Waals surface area contributed by atoms with Crippen LogP contribution in [0.25, 0.3) is 0 Å². The summed E-state index contributed by atoms with van der Waals surface area (Å²) in [6, 6.07) is 7.24. The molecule has 3 aromatic rings. The first kappa shape index (κ1) is 17.7. The summed E-state index contributed by atoms with van der Waals surface area (Å²) in [6.07, 6.45) is 2.78. The van der Waals surface area contributed by atoms with E-state index in [-0.39, 0.29) is 35.5 Å². The summed E-state index contributed by atoms with van der Waals surface area (Å²) < 4.78 is 23.6. The minimum Gasteiger partial charge on any atom is -0.482 e. The van der Waals surface area contributed by atoms with E-state index in [0.29, 0.717) is 11.4 Å². The number of anilines is 1. The van der Waals surface area contributed by atoms with Crippen LogP contribution in [-0.4, -0.2) is 15.9 Å². The molecule has 3 N–H and O–H groups in total. The number of ether oxygens (including phenoxy) is 1. The number of oxazole rings is 1. The molecule has 0 saturated carbocycles. The average molecular weight is 377 g/mol. The van der Waals surface area contributed by atoms with E-state index in [9.17, 15) is 9.18 Å². The number of rotatable bonds is 6. The first-order valence-corrected chi connectivity index (χ1v) is 7.90. The molecule has 0 aliphatic carbocycles. The molecule has 2 heterocycles. The highest BCUT2D eigenvalue weighted by Crippen LogP contribution is 2.25. The molecule has 0 fully saturated rings. The van der Waals surface area contributed by atoms with Gasteiger partial charge >= 0.3 is 0 Å². The molecule has 1 aromatic carbocycles. The average Bonchev–Trinajstić information content (AvgIpc) is 3.09. The highest BCUT2D eigenvalue weighted by molar-refractivity contribution is 6.32. The second-order valence-corrected chi connectivity index (χ2v) is 5.63. The van der Waals surface area contributed by atoms with E-state index in [0.717, 1.165) is 6.07 Å². The molecule has 7 nitrogen and oxygen atoms in total. The van der Waals surface area contributed by atoms with E-state index in [1.807, 2.05) is 0 Å². The first-order valence-electron chi connectivity index (χ1n) is 7.53. The second-order valence-electron chi connectivity index (χ2n) is 5.22. The number of nitrogens with zero attached hydrogens (tertiary/aromatic N) is 2. The molecule has 2 aromatic heterocycles. The zero-order chi connectivity index (χ0) is 18.5. The Kier molecular flexibility index (Phi) is 5.33. The van der Waals surface area contributed by atoms with Gasteiger partial charge in [-0.05, 0) is 24.3 Å². The summed E-state index contributed by atoms with van der Waals surface area (Å²) in [5, 5.41) is 2.80. The molecular formula is C17H14ClFN4O3. The van der Waals surface area contributed by atoms with Gasteiger partial charge in [0.05, 0.1) is 5.02 Å². The number of hydrogen-bond acceptors (Lipinski definition) is 6. The summed E-state index contributed by atoms with van der Waals surface area (Å²) in [7, 11) is 0. The number of aromatic nitrogens is 2. The lowest BCUT2D eigenvalue weighted by Gasteiger charge is -2.05. The lowest BCUT2D eigenvalue weighted by atomic mass is 10.2. The van der Waals surface area contributed by atoms with Gasteiger partial charge in [-0.15, -0.1) is 0 Å². The van der Waals surface area contributed by atoms with Crippen LogP contribution in [0.1, 0.15) is 21.9 Å². The number of carbonyl (C=O) groups is 1. The van der Waals surface area contributed by atoms with Gasteiger partial charge < -0.3 is 20.2 Å². The van der Waals surface area contributed by atoms with Crippen LogP contribution in [0, 0.1) is 5.82 Å². The number of nitrogen functional groups attached to an aromatic ring is 1. The van der Waals surface area contributed by atoms with Gasteiger partial charge in [0, 0.05) is 18.3 Å². The van der Waals surface area contributed by atoms with Crippen LogP contribution < -0.4 is 15.8 Å². The van der Waals surface area contributed by atoms with Crippen LogP contribution in [-0.2, 0) is 13.2 Å². The number of carbonyl (C=O) groups excluding carboxylic acids is 1. The third kappa shape index (κ3) is 4.28. The quantitative estimate of drug-likeness (QED) is 0.685. The van der Waals surface area contributed by atoms with Crippen molar-refractivity contribution in [2.45, 2.75) is 13.2 Å². The summed E-state index contributed by atoms with van der Waals surface area (Å²) in [5.74, 6) is -0.0891. The monoisotopic (exact) mass is 376 g/mol. The molecule has 26 heavy (non-hydrogen) atoms. The molecule has 0 unspecified atom stereocenters. The van der Waals surface area contributed by atoms with Crippen LogP contribution in [0.5, 0.6) is 5.75 Å². The van der Waals surface area contributed by atoms with Gasteiger partial charge in [-0.2, -0.15) is 0 Å². The van der Waals surface area contributed by atoms with Gasteiger partial charge in [0.15, 0.2) is 12.3 Å². The molecule has 134 valence electrons. The van der Waals surface area contributed by atoms with E-state index >= 15 is 0 Å². The van der Waals surface area contributed by atoms with Gasteiger partial charge in [-0.3, -0.25) is 4.79 Å². The fraction of sp³-hybridized carbons (Fsp3) is 0.118. The molecule has 1 amide bonds. The van der Waals surface area contributed by atoms with Crippen molar-refractivity contribution in [3.05, 3.63) is 70.8 Å². The number of benzene rings is 1. The largest absolute Gasteiger partial charge is 0.482 e. The third-order valence-electron chi connectivity index (χ3n) is 3.39. The summed E-state index contributed by atoms with van der Waals surface area (Å²) in [4.78, 5) is 20.1. The number of halogens is 2. The minimum atomic E-state index is -0.466. The summed E-state index contributed by atoms with van der Waals surface area (Å²) >= 11 is 5.87. The molecule has 9 heteroatoms. The van der Waals surface area contributed by atoms with Crippen LogP contribution >= 0.6 is 11.6 Å². The Morgan fingerprint density at radius 3 is 3.00 bits per heavy atom. The maximum absolute atomic E-state index is 13.0. The Morgan fingerprint density at radius 2 is 2.23 bits per heavy atom. The zero-order valence-electron chi connectivity index (χ0n) is 13.4. The van der Waals surface area contributed by atoms with Gasteiger partial charge in [0.1, 0.15) is 23.6 Å². The van der Waals surface area contributed by atoms with Crippen molar-refractivity contribution in [1.82, 2.24) is 15.3 Å². The molecular weight excluding hydrogens is 363 g/mol. The van der Waals surface area contributed by atoms with Crippen molar-refractivity contribution < 1.29 is 18.3 Å². The Hall–Kier alpha value is -3.13. The maximum atomic E-state index is 13.0. The predicted octanol–water partition coefficient (Wildman–Crippen LogP) is 2.95. The van der Waals surface area contributed by atoms with E-state index in [1.165, 1.54) is 18.4 Å². The van der Waals surface area contributed by atoms with Crippen molar-refractivity contribution in [2.75, 3.05) is 5.73 Å². The smallest absolute Gasteiger partial charge is 0.273 e. The lowest BCUT2D eigenvalue weighted by molar-refractivity contribution is 0.0946. The van der Waals surface area contributed by atoms with Gasteiger partial charge in [0.25, 0.3) is 5.91 Å². The highest BCUT2D eigenvalue weighted by atomic mass is 35.5. The number of amides is 1. The van der Waals surface area contributed by atoms with Crippen LogP contribution in [0.4, 0.5) is 10.2 Å². The minimum absolute atomic E-state index is 0.0613. The Bertz CT molecular complexity index is 932. The number of hydrogen-bond donors (Lipinski definition) is 2. The Balaban J connectivity index is 1.57. The van der Waals surface area contributed by atoms with Crippen molar-refractivity contribution in [2.24, 2.45) is 0 Å². The molecule has 0 saturated heterocycles. The number of nitrogens with two attached hydrogens (primary N) is 1. The van der Waals surface area contributed by atoms with E-state index in [1.54, 1.807) is 18.3 Å². The summed E-state index contributed by atoms with van der Waals surface area (Å²) in [6.45, 7) is 0.149. The van der Waals surface area contributed by atoms with Gasteiger partial charge in [0.2, 0.25) is 5.89 Å². The standard InChI is InChI=1S/C17H14ClFN4O3/c18-12-6-11(19)3-4-14(12)25-9-15-23-13(8-26-15)17(24)22-7-10-2-1-5-21-16(10)20/h1-6,8H,7,9H2,(H2,20,21)(H,22,24). The van der Waals surface area contributed by atoms with Crippen molar-refractivity contribution in [1.29, 1.82) is 0 Å². The SMILES string of the molecule is Nc1ncccc1CNC(=O)c1coc(COc2ccc(F)cc2Cl)n1. The van der Waals surface area contributed by atoms with Gasteiger partial charge in [-0.1, -0.05) is 17.7 Å². The van der Waals surface area contributed by atoms with Crippen LogP contribution in [0.3, 0.4) is 0 Å². The fourth-order valence-corrected chi connectivity index (χ4v) is 2.30. The topological polar surface area (TPSA) is 103 Å². The summed E-state index contributed by atoms with van der Waals surface area (Å²) in [5.41, 5.74) is 6.51. The predicted molar refractivity (Wildman–Crippen MR) is 92.1 cm³/mol. The number of pyridine rings is 1. The normalized spacial score (nSPS) is 10.5. The lowest BCUT2D eigenvalue weighted by Crippen LogP contribution is -2.23. The maximum Gasteiger partial charge on any atom is 0.273 e. The Morgan fingerprint density at radius 1 is 1.38 bits per heavy atom. The van der Waals surface area contributed by atoms with Crippen molar-refractivity contribution in [3.8, 4) is 5.75 Å². The molecule has 0 bridgehead atoms. The zero-order valence-corrected chi connectivity index (χ0v) is 14.2. The molecule has 0 spiro atoms. The van der Waals surface area contributed by atoms with Crippen LogP contribution in [0.15, 0.2) is 47.2 Å².